The van der Waals surface area contributed by atoms with Gasteiger partial charge in [0.05, 0.1) is 18.8 Å². The van der Waals surface area contributed by atoms with E-state index in [1.807, 2.05) is 0 Å². The van der Waals surface area contributed by atoms with Gasteiger partial charge in [-0.25, -0.2) is 0 Å². The SMILES string of the molecule is CN1CCOCC1CCCN.O=C1c2ccccc2C(=O)c2c(O)cccc21. The van der Waals surface area contributed by atoms with Crippen LogP contribution in [-0.4, -0.2) is 61.0 Å². The summed E-state index contributed by atoms with van der Waals surface area (Å²) in [4.78, 5) is 26.7. The van der Waals surface area contributed by atoms with E-state index in [0.29, 0.717) is 17.2 Å². The van der Waals surface area contributed by atoms with Crippen molar-refractivity contribution in [2.24, 2.45) is 5.73 Å². The van der Waals surface area contributed by atoms with Gasteiger partial charge in [-0.15, -0.1) is 0 Å². The number of carbonyl (C=O) groups is 2. The molecule has 0 saturated carbocycles. The van der Waals surface area contributed by atoms with Crippen molar-refractivity contribution in [3.8, 4) is 5.75 Å². The number of hydrogen-bond acceptors (Lipinski definition) is 6. The highest BCUT2D eigenvalue weighted by molar-refractivity contribution is 6.29. The van der Waals surface area contributed by atoms with E-state index in [0.717, 1.165) is 32.7 Å². The van der Waals surface area contributed by atoms with E-state index in [-0.39, 0.29) is 28.4 Å². The lowest BCUT2D eigenvalue weighted by molar-refractivity contribution is 0.00255. The lowest BCUT2D eigenvalue weighted by Gasteiger charge is -2.32. The van der Waals surface area contributed by atoms with Gasteiger partial charge in [0.1, 0.15) is 5.75 Å². The molecule has 0 radical (unpaired) electrons. The fourth-order valence-electron chi connectivity index (χ4n) is 3.52. The minimum Gasteiger partial charge on any atom is -0.507 e. The van der Waals surface area contributed by atoms with Crippen LogP contribution in [0.3, 0.4) is 0 Å². The molecule has 1 heterocycles. The summed E-state index contributed by atoms with van der Waals surface area (Å²) in [7, 11) is 2.16. The highest BCUT2D eigenvalue weighted by atomic mass is 16.5. The summed E-state index contributed by atoms with van der Waals surface area (Å²) in [5, 5.41) is 9.70. The van der Waals surface area contributed by atoms with Crippen LogP contribution in [0.15, 0.2) is 42.5 Å². The highest BCUT2D eigenvalue weighted by Crippen LogP contribution is 2.32. The number of fused-ring (bicyclic) bond motifs is 2. The highest BCUT2D eigenvalue weighted by Gasteiger charge is 2.31. The molecule has 3 N–H and O–H groups in total. The largest absolute Gasteiger partial charge is 0.507 e. The van der Waals surface area contributed by atoms with Gasteiger partial charge in [0.15, 0.2) is 11.6 Å². The average molecular weight is 382 g/mol. The molecule has 0 bridgehead atoms. The van der Waals surface area contributed by atoms with Crippen molar-refractivity contribution in [3.05, 3.63) is 64.7 Å². The Morgan fingerprint density at radius 1 is 1.07 bits per heavy atom. The third-order valence-electron chi connectivity index (χ3n) is 5.19. The molecule has 6 heteroatoms. The molecular formula is C22H26N2O4. The van der Waals surface area contributed by atoms with E-state index in [4.69, 9.17) is 10.5 Å². The zero-order valence-electron chi connectivity index (χ0n) is 16.1. The second-order valence-corrected chi connectivity index (χ2v) is 7.04. The van der Waals surface area contributed by atoms with Gasteiger partial charge in [-0.1, -0.05) is 36.4 Å². The monoisotopic (exact) mass is 382 g/mol. The lowest BCUT2D eigenvalue weighted by atomic mass is 9.84. The van der Waals surface area contributed by atoms with Crippen molar-refractivity contribution in [2.45, 2.75) is 18.9 Å². The molecule has 2 aromatic rings. The molecule has 2 aromatic carbocycles. The first-order valence-corrected chi connectivity index (χ1v) is 9.53. The zero-order valence-corrected chi connectivity index (χ0v) is 16.1. The minimum absolute atomic E-state index is 0.108. The van der Waals surface area contributed by atoms with Crippen molar-refractivity contribution in [1.82, 2.24) is 4.90 Å². The number of nitrogens with two attached hydrogens (primary N) is 1. The molecule has 2 aliphatic rings. The second-order valence-electron chi connectivity index (χ2n) is 7.04. The van der Waals surface area contributed by atoms with E-state index in [9.17, 15) is 14.7 Å². The Balaban J connectivity index is 0.000000178. The maximum Gasteiger partial charge on any atom is 0.198 e. The molecule has 148 valence electrons. The Hall–Kier alpha value is -2.54. The van der Waals surface area contributed by atoms with Gasteiger partial charge in [-0.05, 0) is 32.5 Å². The van der Waals surface area contributed by atoms with E-state index < -0.39 is 0 Å². The quantitative estimate of drug-likeness (QED) is 0.722. The molecule has 1 aliphatic heterocycles. The molecule has 1 aliphatic carbocycles. The van der Waals surface area contributed by atoms with Crippen molar-refractivity contribution in [3.63, 3.8) is 0 Å². The molecule has 1 saturated heterocycles. The van der Waals surface area contributed by atoms with Gasteiger partial charge in [0.25, 0.3) is 0 Å². The number of morpholine rings is 1. The molecule has 0 spiro atoms. The Morgan fingerprint density at radius 2 is 1.75 bits per heavy atom. The van der Waals surface area contributed by atoms with Crippen LogP contribution in [-0.2, 0) is 4.74 Å². The number of nitrogens with zero attached hydrogens (tertiary/aromatic N) is 1. The predicted octanol–water partition coefficient (Wildman–Crippen LogP) is 2.22. The van der Waals surface area contributed by atoms with E-state index in [1.165, 1.54) is 12.5 Å². The smallest absolute Gasteiger partial charge is 0.198 e. The number of rotatable bonds is 3. The molecule has 0 aromatic heterocycles. The molecule has 28 heavy (non-hydrogen) atoms. The van der Waals surface area contributed by atoms with Crippen molar-refractivity contribution >= 4 is 11.6 Å². The number of ether oxygens (including phenoxy) is 1. The standard InChI is InChI=1S/C14H8O3.C8H18N2O/c15-11-7-3-6-10-12(11)14(17)9-5-2-1-4-8(9)13(10)16;1-10-5-6-11-7-8(10)3-2-4-9/h1-7,15H;8H,2-7,9H2,1H3. The van der Waals surface area contributed by atoms with Crippen LogP contribution < -0.4 is 5.73 Å². The third kappa shape index (κ3) is 4.14. The van der Waals surface area contributed by atoms with Crippen LogP contribution in [0.5, 0.6) is 5.75 Å². The maximum absolute atomic E-state index is 12.2. The van der Waals surface area contributed by atoms with Crippen molar-refractivity contribution < 1.29 is 19.4 Å². The van der Waals surface area contributed by atoms with Gasteiger partial charge < -0.3 is 15.6 Å². The number of ketones is 2. The Labute approximate surface area is 164 Å². The van der Waals surface area contributed by atoms with Crippen LogP contribution in [0.4, 0.5) is 0 Å². The first-order valence-electron chi connectivity index (χ1n) is 9.53. The minimum atomic E-state index is -0.298. The number of phenolic OH excluding ortho intramolecular Hbond substituents is 1. The maximum atomic E-state index is 12.2. The molecule has 0 amide bonds. The Bertz CT molecular complexity index is 865. The van der Waals surface area contributed by atoms with Gasteiger partial charge in [-0.2, -0.15) is 0 Å². The summed E-state index contributed by atoms with van der Waals surface area (Å²) in [5.41, 5.74) is 6.56. The number of aromatic hydroxyl groups is 1. The first kappa shape index (κ1) is 20.2. The predicted molar refractivity (Wildman–Crippen MR) is 107 cm³/mol. The van der Waals surface area contributed by atoms with E-state index >= 15 is 0 Å². The van der Waals surface area contributed by atoms with Crippen LogP contribution in [0.25, 0.3) is 0 Å². The first-order chi connectivity index (χ1) is 13.5. The van der Waals surface area contributed by atoms with Crippen molar-refractivity contribution in [1.29, 1.82) is 0 Å². The normalized spacial score (nSPS) is 18.7. The topological polar surface area (TPSA) is 92.9 Å². The van der Waals surface area contributed by atoms with Crippen LogP contribution >= 0.6 is 0 Å². The van der Waals surface area contributed by atoms with E-state index in [2.05, 4.69) is 11.9 Å². The molecule has 6 nitrogen and oxygen atoms in total. The number of carbonyl (C=O) groups excluding carboxylic acids is 2. The second kappa shape index (κ2) is 9.10. The number of hydrogen-bond donors (Lipinski definition) is 2. The number of benzene rings is 2. The molecular weight excluding hydrogens is 356 g/mol. The van der Waals surface area contributed by atoms with Crippen LogP contribution in [0.2, 0.25) is 0 Å². The molecule has 1 fully saturated rings. The molecule has 1 unspecified atom stereocenters. The fourth-order valence-corrected chi connectivity index (χ4v) is 3.52. The Morgan fingerprint density at radius 3 is 2.43 bits per heavy atom. The fraction of sp³-hybridized carbons (Fsp3) is 0.364. The average Bonchev–Trinajstić information content (AvgIpc) is 2.72. The van der Waals surface area contributed by atoms with Gasteiger partial charge in [0, 0.05) is 29.3 Å². The van der Waals surface area contributed by atoms with E-state index in [1.54, 1.807) is 36.4 Å². The Kier molecular flexibility index (Phi) is 6.57. The summed E-state index contributed by atoms with van der Waals surface area (Å²) in [6.07, 6.45) is 2.28. The summed E-state index contributed by atoms with van der Waals surface area (Å²) in [6.45, 7) is 3.63. The summed E-state index contributed by atoms with van der Waals surface area (Å²) in [5.74, 6) is -0.658. The van der Waals surface area contributed by atoms with Crippen molar-refractivity contribution in [2.75, 3.05) is 33.4 Å². The summed E-state index contributed by atoms with van der Waals surface area (Å²) < 4.78 is 5.37. The molecule has 1 atom stereocenters. The van der Waals surface area contributed by atoms with Crippen LogP contribution in [0.1, 0.15) is 44.7 Å². The third-order valence-corrected chi connectivity index (χ3v) is 5.19. The van der Waals surface area contributed by atoms with Gasteiger partial charge in [0.2, 0.25) is 0 Å². The zero-order chi connectivity index (χ0) is 20.1. The van der Waals surface area contributed by atoms with Gasteiger partial charge in [-0.3, -0.25) is 14.5 Å². The molecule has 4 rings (SSSR count). The summed E-state index contributed by atoms with van der Waals surface area (Å²) >= 11 is 0. The van der Waals surface area contributed by atoms with Crippen LogP contribution in [0, 0.1) is 0 Å². The summed E-state index contributed by atoms with van der Waals surface area (Å²) in [6, 6.07) is 11.8. The number of likely N-dealkylation sites (N-methyl/N-ethyl adjacent to an activating group) is 1. The number of phenols is 1. The van der Waals surface area contributed by atoms with Gasteiger partial charge >= 0.3 is 0 Å². The lowest BCUT2D eigenvalue weighted by Crippen LogP contribution is -2.42.